The largest absolute Gasteiger partial charge is 0.497 e. The van der Waals surface area contributed by atoms with Crippen LogP contribution in [-0.2, 0) is 4.79 Å². The van der Waals surface area contributed by atoms with Crippen molar-refractivity contribution in [1.82, 2.24) is 0 Å². The second-order valence-electron chi connectivity index (χ2n) is 3.91. The smallest absolute Gasteiger partial charge is 0.326 e. The van der Waals surface area contributed by atoms with E-state index in [2.05, 4.69) is 0 Å². The SMILES string of the molecule is CCCN(c1cccc(OC)c1)C(C)C(=O)O. The van der Waals surface area contributed by atoms with E-state index in [1.807, 2.05) is 36.1 Å². The molecule has 4 nitrogen and oxygen atoms in total. The molecule has 94 valence electrons. The molecule has 0 aromatic heterocycles. The number of rotatable bonds is 6. The van der Waals surface area contributed by atoms with Gasteiger partial charge in [0.1, 0.15) is 11.8 Å². The number of carboxylic acid groups (broad SMARTS) is 1. The van der Waals surface area contributed by atoms with Crippen LogP contribution in [0.5, 0.6) is 5.75 Å². The Labute approximate surface area is 102 Å². The van der Waals surface area contributed by atoms with Crippen molar-refractivity contribution in [2.24, 2.45) is 0 Å². The number of methoxy groups -OCH3 is 1. The third-order valence-corrected chi connectivity index (χ3v) is 2.67. The van der Waals surface area contributed by atoms with Crippen LogP contribution in [0.15, 0.2) is 24.3 Å². The summed E-state index contributed by atoms with van der Waals surface area (Å²) in [4.78, 5) is 12.9. The first-order valence-electron chi connectivity index (χ1n) is 5.73. The van der Waals surface area contributed by atoms with Crippen LogP contribution in [-0.4, -0.2) is 30.8 Å². The molecule has 0 bridgehead atoms. The Bertz CT molecular complexity index is 379. The fourth-order valence-electron chi connectivity index (χ4n) is 1.71. The molecule has 0 saturated heterocycles. The van der Waals surface area contributed by atoms with E-state index in [1.165, 1.54) is 0 Å². The Balaban J connectivity index is 2.99. The zero-order valence-electron chi connectivity index (χ0n) is 10.5. The summed E-state index contributed by atoms with van der Waals surface area (Å²) in [5.41, 5.74) is 0.876. The molecule has 0 amide bonds. The summed E-state index contributed by atoms with van der Waals surface area (Å²) >= 11 is 0. The van der Waals surface area contributed by atoms with Gasteiger partial charge >= 0.3 is 5.97 Å². The molecule has 1 unspecified atom stereocenters. The van der Waals surface area contributed by atoms with Gasteiger partial charge in [0, 0.05) is 18.3 Å². The van der Waals surface area contributed by atoms with Gasteiger partial charge in [-0.05, 0) is 25.5 Å². The Kier molecular flexibility index (Phi) is 4.82. The Morgan fingerprint density at radius 3 is 2.76 bits per heavy atom. The normalized spacial score (nSPS) is 11.9. The van der Waals surface area contributed by atoms with Gasteiger partial charge < -0.3 is 14.7 Å². The average Bonchev–Trinajstić information content (AvgIpc) is 2.35. The average molecular weight is 237 g/mol. The molecule has 0 spiro atoms. The highest BCUT2D eigenvalue weighted by atomic mass is 16.5. The van der Waals surface area contributed by atoms with Crippen molar-refractivity contribution < 1.29 is 14.6 Å². The molecular formula is C13H19NO3. The minimum absolute atomic E-state index is 0.540. The number of carbonyl (C=O) groups is 1. The number of carboxylic acids is 1. The van der Waals surface area contributed by atoms with E-state index in [4.69, 9.17) is 9.84 Å². The van der Waals surface area contributed by atoms with Gasteiger partial charge in [-0.25, -0.2) is 4.79 Å². The summed E-state index contributed by atoms with van der Waals surface area (Å²) in [7, 11) is 1.60. The van der Waals surface area contributed by atoms with Crippen LogP contribution in [0.3, 0.4) is 0 Å². The second kappa shape index (κ2) is 6.13. The van der Waals surface area contributed by atoms with E-state index in [9.17, 15) is 4.79 Å². The van der Waals surface area contributed by atoms with Crippen LogP contribution in [0, 0.1) is 0 Å². The molecule has 1 rings (SSSR count). The molecule has 0 aliphatic heterocycles. The molecule has 0 fully saturated rings. The predicted octanol–water partition coefficient (Wildman–Crippen LogP) is 2.38. The highest BCUT2D eigenvalue weighted by Gasteiger charge is 2.20. The summed E-state index contributed by atoms with van der Waals surface area (Å²) < 4.78 is 5.15. The van der Waals surface area contributed by atoms with Gasteiger partial charge in [-0.15, -0.1) is 0 Å². The molecule has 1 atom stereocenters. The lowest BCUT2D eigenvalue weighted by Gasteiger charge is -2.28. The number of benzene rings is 1. The molecule has 0 heterocycles. The van der Waals surface area contributed by atoms with Gasteiger partial charge in [0.15, 0.2) is 0 Å². The van der Waals surface area contributed by atoms with Crippen LogP contribution in [0.25, 0.3) is 0 Å². The third kappa shape index (κ3) is 3.37. The summed E-state index contributed by atoms with van der Waals surface area (Å²) in [6.07, 6.45) is 0.898. The van der Waals surface area contributed by atoms with E-state index in [-0.39, 0.29) is 0 Å². The number of aliphatic carboxylic acids is 1. The molecule has 0 radical (unpaired) electrons. The molecule has 0 aliphatic carbocycles. The predicted molar refractivity (Wildman–Crippen MR) is 67.7 cm³/mol. The van der Waals surface area contributed by atoms with Crippen LogP contribution >= 0.6 is 0 Å². The van der Waals surface area contributed by atoms with Gasteiger partial charge in [-0.2, -0.15) is 0 Å². The van der Waals surface area contributed by atoms with E-state index < -0.39 is 12.0 Å². The molecular weight excluding hydrogens is 218 g/mol. The topological polar surface area (TPSA) is 49.8 Å². The molecule has 1 aromatic carbocycles. The van der Waals surface area contributed by atoms with Crippen molar-refractivity contribution in [1.29, 1.82) is 0 Å². The first kappa shape index (κ1) is 13.4. The molecule has 1 aromatic rings. The first-order chi connectivity index (χ1) is 8.10. The van der Waals surface area contributed by atoms with Crippen LogP contribution in [0.1, 0.15) is 20.3 Å². The number of anilines is 1. The fourth-order valence-corrected chi connectivity index (χ4v) is 1.71. The maximum atomic E-state index is 11.1. The van der Waals surface area contributed by atoms with E-state index in [1.54, 1.807) is 14.0 Å². The Morgan fingerprint density at radius 2 is 2.24 bits per heavy atom. The van der Waals surface area contributed by atoms with Gasteiger partial charge in [0.2, 0.25) is 0 Å². The molecule has 1 N–H and O–H groups in total. The van der Waals surface area contributed by atoms with Crippen molar-refractivity contribution in [2.75, 3.05) is 18.6 Å². The van der Waals surface area contributed by atoms with E-state index in [0.29, 0.717) is 6.54 Å². The minimum Gasteiger partial charge on any atom is -0.497 e. The lowest BCUT2D eigenvalue weighted by Crippen LogP contribution is -2.39. The highest BCUT2D eigenvalue weighted by Crippen LogP contribution is 2.23. The summed E-state index contributed by atoms with van der Waals surface area (Å²) in [5, 5.41) is 9.09. The fraction of sp³-hybridized carbons (Fsp3) is 0.462. The number of nitrogens with zero attached hydrogens (tertiary/aromatic N) is 1. The number of hydrogen-bond donors (Lipinski definition) is 1. The minimum atomic E-state index is -0.818. The van der Waals surface area contributed by atoms with Crippen molar-refractivity contribution in [3.8, 4) is 5.75 Å². The monoisotopic (exact) mass is 237 g/mol. The Hall–Kier alpha value is -1.71. The quantitative estimate of drug-likeness (QED) is 0.825. The highest BCUT2D eigenvalue weighted by molar-refractivity contribution is 5.77. The summed E-state index contributed by atoms with van der Waals surface area (Å²) in [5.74, 6) is -0.0811. The molecule has 17 heavy (non-hydrogen) atoms. The zero-order chi connectivity index (χ0) is 12.8. The first-order valence-corrected chi connectivity index (χ1v) is 5.73. The van der Waals surface area contributed by atoms with Gasteiger partial charge in [-0.1, -0.05) is 13.0 Å². The molecule has 4 heteroatoms. The summed E-state index contributed by atoms with van der Waals surface area (Å²) in [6, 6.07) is 6.93. The van der Waals surface area contributed by atoms with Crippen molar-refractivity contribution in [3.63, 3.8) is 0 Å². The Morgan fingerprint density at radius 1 is 1.53 bits per heavy atom. The number of hydrogen-bond acceptors (Lipinski definition) is 3. The summed E-state index contributed by atoms with van der Waals surface area (Å²) in [6.45, 7) is 4.43. The maximum absolute atomic E-state index is 11.1. The zero-order valence-corrected chi connectivity index (χ0v) is 10.5. The lowest BCUT2D eigenvalue weighted by atomic mass is 10.2. The van der Waals surface area contributed by atoms with Gasteiger partial charge in [0.05, 0.1) is 7.11 Å². The maximum Gasteiger partial charge on any atom is 0.326 e. The van der Waals surface area contributed by atoms with Crippen LogP contribution in [0.2, 0.25) is 0 Å². The van der Waals surface area contributed by atoms with Crippen molar-refractivity contribution in [2.45, 2.75) is 26.3 Å². The van der Waals surface area contributed by atoms with Gasteiger partial charge in [-0.3, -0.25) is 0 Å². The van der Waals surface area contributed by atoms with E-state index in [0.717, 1.165) is 17.9 Å². The third-order valence-electron chi connectivity index (χ3n) is 2.67. The van der Waals surface area contributed by atoms with Crippen LogP contribution in [0.4, 0.5) is 5.69 Å². The second-order valence-corrected chi connectivity index (χ2v) is 3.91. The van der Waals surface area contributed by atoms with Crippen molar-refractivity contribution >= 4 is 11.7 Å². The van der Waals surface area contributed by atoms with Gasteiger partial charge in [0.25, 0.3) is 0 Å². The molecule has 0 saturated carbocycles. The number of ether oxygens (including phenoxy) is 1. The lowest BCUT2D eigenvalue weighted by molar-refractivity contribution is -0.138. The van der Waals surface area contributed by atoms with Crippen molar-refractivity contribution in [3.05, 3.63) is 24.3 Å². The van der Waals surface area contributed by atoms with E-state index >= 15 is 0 Å². The van der Waals surface area contributed by atoms with Crippen LogP contribution < -0.4 is 9.64 Å². The molecule has 0 aliphatic rings. The standard InChI is InChI=1S/C13H19NO3/c1-4-8-14(10(2)13(15)16)11-6-5-7-12(9-11)17-3/h5-7,9-10H,4,8H2,1-3H3,(H,15,16).